The van der Waals surface area contributed by atoms with Crippen molar-refractivity contribution in [3.63, 3.8) is 0 Å². The van der Waals surface area contributed by atoms with Crippen LogP contribution in [0.5, 0.6) is 0 Å². The van der Waals surface area contributed by atoms with Gasteiger partial charge in [-0.25, -0.2) is 12.7 Å². The van der Waals surface area contributed by atoms with E-state index in [0.29, 0.717) is 10.9 Å². The van der Waals surface area contributed by atoms with Gasteiger partial charge in [0, 0.05) is 38.9 Å². The monoisotopic (exact) mass is 311 g/mol. The molecule has 6 heteroatoms. The maximum atomic E-state index is 12.1. The molecule has 1 aromatic carbocycles. The van der Waals surface area contributed by atoms with E-state index in [9.17, 15) is 8.42 Å². The standard InChI is InChI=1S/C15H25N3O2S/c1-4-18(12-13-6-5-11-16-13)14-7-9-15(10-8-14)21(19,20)17(2)3/h7-10,13,16H,4-6,11-12H2,1-3H3. The molecule has 5 nitrogen and oxygen atoms in total. The zero-order chi connectivity index (χ0) is 15.5. The second kappa shape index (κ2) is 6.77. The van der Waals surface area contributed by atoms with Gasteiger partial charge in [-0.05, 0) is 50.6 Å². The lowest BCUT2D eigenvalue weighted by Crippen LogP contribution is -2.37. The summed E-state index contributed by atoms with van der Waals surface area (Å²) in [5, 5.41) is 3.50. The Morgan fingerprint density at radius 2 is 1.90 bits per heavy atom. The Labute approximate surface area is 128 Å². The van der Waals surface area contributed by atoms with Gasteiger partial charge in [0.25, 0.3) is 0 Å². The van der Waals surface area contributed by atoms with Gasteiger partial charge in [0.05, 0.1) is 4.90 Å². The molecule has 1 saturated heterocycles. The van der Waals surface area contributed by atoms with Crippen molar-refractivity contribution in [2.45, 2.75) is 30.7 Å². The number of rotatable bonds is 6. The maximum absolute atomic E-state index is 12.1. The Kier molecular flexibility index (Phi) is 5.24. The summed E-state index contributed by atoms with van der Waals surface area (Å²) in [6, 6.07) is 7.71. The highest BCUT2D eigenvalue weighted by atomic mass is 32.2. The minimum atomic E-state index is -3.35. The summed E-state index contributed by atoms with van der Waals surface area (Å²) in [4.78, 5) is 2.63. The first-order chi connectivity index (χ1) is 9.95. The van der Waals surface area contributed by atoms with E-state index >= 15 is 0 Å². The van der Waals surface area contributed by atoms with Crippen LogP contribution in [0.3, 0.4) is 0 Å². The molecule has 0 aromatic heterocycles. The topological polar surface area (TPSA) is 52.7 Å². The minimum absolute atomic E-state index is 0.339. The molecule has 1 unspecified atom stereocenters. The van der Waals surface area contributed by atoms with Gasteiger partial charge in [0.15, 0.2) is 0 Å². The molecule has 21 heavy (non-hydrogen) atoms. The molecular weight excluding hydrogens is 286 g/mol. The fourth-order valence-corrected chi connectivity index (χ4v) is 3.54. The van der Waals surface area contributed by atoms with E-state index < -0.39 is 10.0 Å². The second-order valence-electron chi connectivity index (χ2n) is 5.61. The predicted molar refractivity (Wildman–Crippen MR) is 86.2 cm³/mol. The summed E-state index contributed by atoms with van der Waals surface area (Å²) in [6.45, 7) is 5.11. The number of hydrogen-bond donors (Lipinski definition) is 1. The Bertz CT molecular complexity index is 549. The average molecular weight is 311 g/mol. The molecule has 0 amide bonds. The summed E-state index contributed by atoms with van der Waals surface area (Å²) in [7, 11) is -0.248. The average Bonchev–Trinajstić information content (AvgIpc) is 2.97. The van der Waals surface area contributed by atoms with E-state index in [0.717, 1.165) is 25.3 Å². The lowest BCUT2D eigenvalue weighted by atomic mass is 10.2. The number of sulfonamides is 1. The Morgan fingerprint density at radius 3 is 2.38 bits per heavy atom. The molecule has 1 N–H and O–H groups in total. The van der Waals surface area contributed by atoms with Crippen LogP contribution in [0.15, 0.2) is 29.2 Å². The Morgan fingerprint density at radius 1 is 1.24 bits per heavy atom. The van der Waals surface area contributed by atoms with Gasteiger partial charge in [-0.2, -0.15) is 0 Å². The van der Waals surface area contributed by atoms with Crippen molar-refractivity contribution in [1.82, 2.24) is 9.62 Å². The van der Waals surface area contributed by atoms with Crippen molar-refractivity contribution in [3.05, 3.63) is 24.3 Å². The van der Waals surface area contributed by atoms with Gasteiger partial charge in [0.1, 0.15) is 0 Å². The molecule has 0 radical (unpaired) electrons. The first-order valence-corrected chi connectivity index (χ1v) is 8.90. The second-order valence-corrected chi connectivity index (χ2v) is 7.77. The fourth-order valence-electron chi connectivity index (χ4n) is 2.64. The largest absolute Gasteiger partial charge is 0.370 e. The van der Waals surface area contributed by atoms with Gasteiger partial charge in [0.2, 0.25) is 10.0 Å². The van der Waals surface area contributed by atoms with Gasteiger partial charge in [-0.1, -0.05) is 0 Å². The van der Waals surface area contributed by atoms with Crippen LogP contribution >= 0.6 is 0 Å². The number of benzene rings is 1. The van der Waals surface area contributed by atoms with Crippen LogP contribution in [0.2, 0.25) is 0 Å². The number of anilines is 1. The molecular formula is C15H25N3O2S. The van der Waals surface area contributed by atoms with Crippen LogP contribution < -0.4 is 10.2 Å². The highest BCUT2D eigenvalue weighted by Crippen LogP contribution is 2.20. The molecule has 118 valence electrons. The summed E-state index contributed by atoms with van der Waals surface area (Å²) in [5.74, 6) is 0. The number of likely N-dealkylation sites (N-methyl/N-ethyl adjacent to an activating group) is 1. The Hall–Kier alpha value is -1.11. The van der Waals surface area contributed by atoms with Crippen molar-refractivity contribution >= 4 is 15.7 Å². The van der Waals surface area contributed by atoms with Crippen molar-refractivity contribution in [2.24, 2.45) is 0 Å². The number of nitrogens with one attached hydrogen (secondary N) is 1. The van der Waals surface area contributed by atoms with Gasteiger partial charge in [-0.3, -0.25) is 0 Å². The van der Waals surface area contributed by atoms with Crippen molar-refractivity contribution in [1.29, 1.82) is 0 Å². The summed E-state index contributed by atoms with van der Waals surface area (Å²) >= 11 is 0. The minimum Gasteiger partial charge on any atom is -0.370 e. The van der Waals surface area contributed by atoms with Crippen molar-refractivity contribution < 1.29 is 8.42 Å². The lowest BCUT2D eigenvalue weighted by Gasteiger charge is -2.26. The van der Waals surface area contributed by atoms with E-state index in [1.807, 2.05) is 12.1 Å². The summed E-state index contributed by atoms with van der Waals surface area (Å²) < 4.78 is 25.4. The van der Waals surface area contributed by atoms with E-state index in [2.05, 4.69) is 17.1 Å². The van der Waals surface area contributed by atoms with Crippen molar-refractivity contribution in [3.8, 4) is 0 Å². The van der Waals surface area contributed by atoms with Crippen LogP contribution in [-0.2, 0) is 10.0 Å². The van der Waals surface area contributed by atoms with Gasteiger partial charge in [-0.15, -0.1) is 0 Å². The maximum Gasteiger partial charge on any atom is 0.242 e. The zero-order valence-electron chi connectivity index (χ0n) is 13.0. The molecule has 1 aliphatic heterocycles. The van der Waals surface area contributed by atoms with Crippen LogP contribution in [0.4, 0.5) is 5.69 Å². The first kappa shape index (κ1) is 16.3. The Balaban J connectivity index is 2.13. The first-order valence-electron chi connectivity index (χ1n) is 7.46. The molecule has 1 aromatic rings. The van der Waals surface area contributed by atoms with Crippen LogP contribution in [0.25, 0.3) is 0 Å². The smallest absolute Gasteiger partial charge is 0.242 e. The SMILES string of the molecule is CCN(CC1CCCN1)c1ccc(S(=O)(=O)N(C)C)cc1. The summed E-state index contributed by atoms with van der Waals surface area (Å²) in [6.07, 6.45) is 2.45. The predicted octanol–water partition coefficient (Wildman–Crippen LogP) is 1.52. The highest BCUT2D eigenvalue weighted by Gasteiger charge is 2.19. The van der Waals surface area contributed by atoms with Crippen LogP contribution in [0, 0.1) is 0 Å². The van der Waals surface area contributed by atoms with E-state index in [1.165, 1.54) is 17.1 Å². The molecule has 1 atom stereocenters. The highest BCUT2D eigenvalue weighted by molar-refractivity contribution is 7.89. The molecule has 2 rings (SSSR count). The quantitative estimate of drug-likeness (QED) is 0.865. The van der Waals surface area contributed by atoms with E-state index in [1.54, 1.807) is 26.2 Å². The molecule has 1 fully saturated rings. The van der Waals surface area contributed by atoms with Gasteiger partial charge < -0.3 is 10.2 Å². The third-order valence-corrected chi connectivity index (χ3v) is 5.79. The molecule has 0 saturated carbocycles. The fraction of sp³-hybridized carbons (Fsp3) is 0.600. The third kappa shape index (κ3) is 3.75. The summed E-state index contributed by atoms with van der Waals surface area (Å²) in [5.41, 5.74) is 1.07. The number of hydrogen-bond acceptors (Lipinski definition) is 4. The molecule has 1 heterocycles. The molecule has 0 bridgehead atoms. The molecule has 1 aliphatic rings. The lowest BCUT2D eigenvalue weighted by molar-refractivity contribution is 0.520. The normalized spacial score (nSPS) is 19.1. The van der Waals surface area contributed by atoms with Gasteiger partial charge >= 0.3 is 0 Å². The van der Waals surface area contributed by atoms with E-state index in [4.69, 9.17) is 0 Å². The van der Waals surface area contributed by atoms with Crippen LogP contribution in [0.1, 0.15) is 19.8 Å². The third-order valence-electron chi connectivity index (χ3n) is 3.97. The zero-order valence-corrected chi connectivity index (χ0v) is 13.9. The molecule has 0 spiro atoms. The van der Waals surface area contributed by atoms with E-state index in [-0.39, 0.29) is 0 Å². The van der Waals surface area contributed by atoms with Crippen LogP contribution in [-0.4, -0.2) is 52.5 Å². The number of nitrogens with zero attached hydrogens (tertiary/aromatic N) is 2. The van der Waals surface area contributed by atoms with Crippen molar-refractivity contribution in [2.75, 3.05) is 38.6 Å². The molecule has 0 aliphatic carbocycles.